The summed E-state index contributed by atoms with van der Waals surface area (Å²) in [6.45, 7) is 4.66. The molecular weight excluding hydrogens is 378 g/mol. The fraction of sp³-hybridized carbons (Fsp3) is 0.667. The minimum Gasteiger partial charge on any atom is -0.379 e. The first kappa shape index (κ1) is 19.2. The van der Waals surface area contributed by atoms with Crippen molar-refractivity contribution >= 4 is 28.3 Å². The molecule has 2 fully saturated rings. The van der Waals surface area contributed by atoms with E-state index < -0.39 is 0 Å². The van der Waals surface area contributed by atoms with Gasteiger partial charge in [0.25, 0.3) is 0 Å². The van der Waals surface area contributed by atoms with Gasteiger partial charge >= 0.3 is 0 Å². The summed E-state index contributed by atoms with van der Waals surface area (Å²) in [7, 11) is 0. The zero-order chi connectivity index (χ0) is 15.2. The summed E-state index contributed by atoms with van der Waals surface area (Å²) in [6, 6.07) is 8.49. The zero-order valence-electron chi connectivity index (χ0n) is 13.6. The van der Waals surface area contributed by atoms with Gasteiger partial charge in [-0.15, -0.1) is 12.4 Å². The van der Waals surface area contributed by atoms with Crippen LogP contribution in [0.2, 0.25) is 0 Å². The monoisotopic (exact) mass is 403 g/mol. The minimum absolute atomic E-state index is 0. The van der Waals surface area contributed by atoms with Crippen molar-refractivity contribution in [3.8, 4) is 0 Å². The second-order valence-corrected chi connectivity index (χ2v) is 7.17. The average molecular weight is 405 g/mol. The minimum atomic E-state index is 0. The molecule has 0 N–H and O–H groups in total. The van der Waals surface area contributed by atoms with E-state index in [0.717, 1.165) is 37.3 Å². The van der Waals surface area contributed by atoms with Crippen LogP contribution in [-0.2, 0) is 9.47 Å². The average Bonchev–Trinajstić information content (AvgIpc) is 2.57. The second kappa shape index (κ2) is 10.00. The number of halogens is 2. The Balaban J connectivity index is 0.00000192. The highest BCUT2D eigenvalue weighted by Gasteiger charge is 2.24. The highest BCUT2D eigenvalue weighted by atomic mass is 79.9. The normalized spacial score (nSPS) is 21.6. The van der Waals surface area contributed by atoms with Crippen molar-refractivity contribution in [1.82, 2.24) is 4.90 Å². The molecule has 3 rings (SSSR count). The molecule has 1 aliphatic carbocycles. The van der Waals surface area contributed by atoms with Crippen LogP contribution in [0.5, 0.6) is 0 Å². The maximum Gasteiger partial charge on any atom is 0.0966 e. The fourth-order valence-corrected chi connectivity index (χ4v) is 3.94. The number of morpholine rings is 1. The molecule has 0 aromatic heterocycles. The van der Waals surface area contributed by atoms with Crippen molar-refractivity contribution in [2.75, 3.05) is 32.8 Å². The Morgan fingerprint density at radius 2 is 1.83 bits per heavy atom. The molecule has 3 nitrogen and oxygen atoms in total. The van der Waals surface area contributed by atoms with E-state index in [1.165, 1.54) is 37.7 Å². The van der Waals surface area contributed by atoms with Crippen LogP contribution in [0.15, 0.2) is 28.7 Å². The van der Waals surface area contributed by atoms with Gasteiger partial charge in [-0.25, -0.2) is 0 Å². The van der Waals surface area contributed by atoms with Gasteiger partial charge in [0.1, 0.15) is 0 Å². The third kappa shape index (κ3) is 5.71. The summed E-state index contributed by atoms with van der Waals surface area (Å²) in [5.41, 5.74) is 1.28. The van der Waals surface area contributed by atoms with Gasteiger partial charge in [0.15, 0.2) is 0 Å². The molecule has 130 valence electrons. The summed E-state index contributed by atoms with van der Waals surface area (Å²) in [5.74, 6) is 0. The molecule has 2 aliphatic rings. The summed E-state index contributed by atoms with van der Waals surface area (Å²) in [5, 5.41) is 0. The lowest BCUT2D eigenvalue weighted by Gasteiger charge is -2.34. The first-order valence-corrected chi connectivity index (χ1v) is 9.32. The largest absolute Gasteiger partial charge is 0.379 e. The van der Waals surface area contributed by atoms with Crippen LogP contribution in [0.1, 0.15) is 43.8 Å². The van der Waals surface area contributed by atoms with Crippen molar-refractivity contribution in [2.24, 2.45) is 0 Å². The van der Waals surface area contributed by atoms with Crippen LogP contribution in [0.25, 0.3) is 0 Å². The Morgan fingerprint density at radius 3 is 2.52 bits per heavy atom. The van der Waals surface area contributed by atoms with Gasteiger partial charge in [-0.05, 0) is 24.5 Å². The highest BCUT2D eigenvalue weighted by Crippen LogP contribution is 2.31. The van der Waals surface area contributed by atoms with E-state index in [1.54, 1.807) is 0 Å². The molecular formula is C18H27BrClNO2. The Labute approximate surface area is 154 Å². The summed E-state index contributed by atoms with van der Waals surface area (Å²) < 4.78 is 13.2. The molecule has 1 aliphatic heterocycles. The summed E-state index contributed by atoms with van der Waals surface area (Å²) in [6.07, 6.45) is 6.98. The van der Waals surface area contributed by atoms with E-state index >= 15 is 0 Å². The molecule has 0 bridgehead atoms. The molecule has 23 heavy (non-hydrogen) atoms. The molecule has 5 heteroatoms. The van der Waals surface area contributed by atoms with E-state index in [1.807, 2.05) is 0 Å². The predicted octanol–water partition coefficient (Wildman–Crippen LogP) is 4.59. The van der Waals surface area contributed by atoms with E-state index in [2.05, 4.69) is 45.1 Å². The van der Waals surface area contributed by atoms with Crippen LogP contribution in [0, 0.1) is 0 Å². The van der Waals surface area contributed by atoms with Gasteiger partial charge in [0.05, 0.1) is 25.4 Å². The van der Waals surface area contributed by atoms with Gasteiger partial charge in [-0.3, -0.25) is 4.90 Å². The fourth-order valence-electron chi connectivity index (χ4n) is 3.40. The third-order valence-electron chi connectivity index (χ3n) is 4.69. The Morgan fingerprint density at radius 1 is 1.13 bits per heavy atom. The zero-order valence-corrected chi connectivity index (χ0v) is 16.0. The molecule has 1 aromatic rings. The topological polar surface area (TPSA) is 21.7 Å². The number of hydrogen-bond donors (Lipinski definition) is 0. The van der Waals surface area contributed by atoms with E-state index in [9.17, 15) is 0 Å². The molecule has 0 spiro atoms. The number of rotatable bonds is 5. The SMILES string of the molecule is Brc1ccccc1C(CN1CCOCC1)OC1CCCCC1.Cl. The predicted molar refractivity (Wildman–Crippen MR) is 99.3 cm³/mol. The maximum absolute atomic E-state index is 6.55. The Bertz CT molecular complexity index is 442. The second-order valence-electron chi connectivity index (χ2n) is 6.32. The van der Waals surface area contributed by atoms with Crippen LogP contribution in [-0.4, -0.2) is 43.9 Å². The van der Waals surface area contributed by atoms with Gasteiger partial charge in [-0.1, -0.05) is 53.4 Å². The molecule has 1 aromatic carbocycles. The van der Waals surface area contributed by atoms with Gasteiger partial charge in [-0.2, -0.15) is 0 Å². The van der Waals surface area contributed by atoms with Crippen LogP contribution in [0.4, 0.5) is 0 Å². The standard InChI is InChI=1S/C18H26BrNO2.ClH/c19-17-9-5-4-8-16(17)18(14-20-10-12-21-13-11-20)22-15-6-2-1-3-7-15;/h4-5,8-9,15,18H,1-3,6-7,10-14H2;1H. The molecule has 1 unspecified atom stereocenters. The lowest BCUT2D eigenvalue weighted by Crippen LogP contribution is -2.40. The Kier molecular flexibility index (Phi) is 8.34. The number of nitrogens with zero attached hydrogens (tertiary/aromatic N) is 1. The van der Waals surface area contributed by atoms with E-state index in [4.69, 9.17) is 9.47 Å². The smallest absolute Gasteiger partial charge is 0.0966 e. The van der Waals surface area contributed by atoms with Crippen molar-refractivity contribution in [2.45, 2.75) is 44.3 Å². The molecule has 0 amide bonds. The highest BCUT2D eigenvalue weighted by molar-refractivity contribution is 9.10. The van der Waals surface area contributed by atoms with Gasteiger partial charge in [0, 0.05) is 24.1 Å². The quantitative estimate of drug-likeness (QED) is 0.716. The maximum atomic E-state index is 6.55. The molecule has 0 radical (unpaired) electrons. The van der Waals surface area contributed by atoms with Gasteiger partial charge < -0.3 is 9.47 Å². The Hall–Kier alpha value is -0.130. The van der Waals surface area contributed by atoms with Crippen LogP contribution >= 0.6 is 28.3 Å². The first-order valence-electron chi connectivity index (χ1n) is 8.53. The number of ether oxygens (including phenoxy) is 2. The number of hydrogen-bond acceptors (Lipinski definition) is 3. The molecule has 1 atom stereocenters. The van der Waals surface area contributed by atoms with Crippen LogP contribution in [0.3, 0.4) is 0 Å². The lowest BCUT2D eigenvalue weighted by atomic mass is 9.97. The molecule has 1 saturated heterocycles. The molecule has 1 saturated carbocycles. The first-order chi connectivity index (χ1) is 10.8. The number of benzene rings is 1. The van der Waals surface area contributed by atoms with E-state index in [0.29, 0.717) is 6.10 Å². The van der Waals surface area contributed by atoms with Crippen LogP contribution < -0.4 is 0 Å². The van der Waals surface area contributed by atoms with Crippen molar-refractivity contribution < 1.29 is 9.47 Å². The summed E-state index contributed by atoms with van der Waals surface area (Å²) in [4.78, 5) is 2.47. The van der Waals surface area contributed by atoms with E-state index in [-0.39, 0.29) is 18.5 Å². The van der Waals surface area contributed by atoms with Crippen molar-refractivity contribution in [3.63, 3.8) is 0 Å². The van der Waals surface area contributed by atoms with Crippen molar-refractivity contribution in [3.05, 3.63) is 34.3 Å². The van der Waals surface area contributed by atoms with Gasteiger partial charge in [0.2, 0.25) is 0 Å². The lowest BCUT2D eigenvalue weighted by molar-refractivity contribution is -0.0591. The molecule has 1 heterocycles. The summed E-state index contributed by atoms with van der Waals surface area (Å²) >= 11 is 3.70. The third-order valence-corrected chi connectivity index (χ3v) is 5.41. The van der Waals surface area contributed by atoms with Crippen molar-refractivity contribution in [1.29, 1.82) is 0 Å².